The molecule has 0 radical (unpaired) electrons. The second-order valence-corrected chi connectivity index (χ2v) is 5.43. The molecule has 0 saturated carbocycles. The predicted octanol–water partition coefficient (Wildman–Crippen LogP) is 3.57. The third kappa shape index (κ3) is 7.18. The van der Waals surface area contributed by atoms with Crippen molar-refractivity contribution in [1.29, 1.82) is 0 Å². The summed E-state index contributed by atoms with van der Waals surface area (Å²) in [6.45, 7) is 13.0. The van der Waals surface area contributed by atoms with Gasteiger partial charge in [0.2, 0.25) is 0 Å². The van der Waals surface area contributed by atoms with Crippen LogP contribution in [0.15, 0.2) is 11.6 Å². The van der Waals surface area contributed by atoms with Crippen molar-refractivity contribution in [1.82, 2.24) is 0 Å². The van der Waals surface area contributed by atoms with Gasteiger partial charge in [-0.3, -0.25) is 0 Å². The highest BCUT2D eigenvalue weighted by Gasteiger charge is 2.14. The van der Waals surface area contributed by atoms with Crippen molar-refractivity contribution in [3.63, 3.8) is 0 Å². The molecule has 0 fully saturated rings. The quantitative estimate of drug-likeness (QED) is 0.526. The van der Waals surface area contributed by atoms with Gasteiger partial charge in [0.15, 0.2) is 0 Å². The summed E-state index contributed by atoms with van der Waals surface area (Å²) in [5.74, 6) is 0.355. The summed E-state index contributed by atoms with van der Waals surface area (Å²) in [5, 5.41) is 0. The van der Waals surface area contributed by atoms with Crippen LogP contribution in [0.25, 0.3) is 0 Å². The van der Waals surface area contributed by atoms with Crippen LogP contribution in [-0.2, 0) is 9.53 Å². The van der Waals surface area contributed by atoms with E-state index in [0.717, 1.165) is 12.0 Å². The fraction of sp³-hybridized carbons (Fsp3) is 0.769. The van der Waals surface area contributed by atoms with Gasteiger partial charge >= 0.3 is 5.97 Å². The van der Waals surface area contributed by atoms with Crippen molar-refractivity contribution < 1.29 is 9.53 Å². The molecule has 0 aromatic heterocycles. The molecule has 0 heterocycles. The third-order valence-corrected chi connectivity index (χ3v) is 2.46. The molecule has 0 spiro atoms. The van der Waals surface area contributed by atoms with Crippen LogP contribution in [0.4, 0.5) is 0 Å². The second kappa shape index (κ2) is 5.94. The Morgan fingerprint density at radius 1 is 1.33 bits per heavy atom. The lowest BCUT2D eigenvalue weighted by molar-refractivity contribution is -0.138. The molecule has 0 aliphatic rings. The second-order valence-electron chi connectivity index (χ2n) is 5.43. The maximum Gasteiger partial charge on any atom is 0.330 e. The normalized spacial score (nSPS) is 13.1. The van der Waals surface area contributed by atoms with Crippen LogP contribution >= 0.6 is 0 Å². The Labute approximate surface area is 93.7 Å². The SMILES string of the molecule is C/C(=C\C(=O)OCCC(C)C)C(C)(C)C. The highest BCUT2D eigenvalue weighted by Crippen LogP contribution is 2.24. The van der Waals surface area contributed by atoms with Crippen LogP contribution in [0, 0.1) is 11.3 Å². The molecular weight excluding hydrogens is 188 g/mol. The Kier molecular flexibility index (Phi) is 5.63. The van der Waals surface area contributed by atoms with Crippen molar-refractivity contribution in [2.45, 2.75) is 48.0 Å². The zero-order chi connectivity index (χ0) is 12.1. The number of carbonyl (C=O) groups is 1. The molecule has 0 aliphatic carbocycles. The van der Waals surface area contributed by atoms with Gasteiger partial charge in [-0.15, -0.1) is 0 Å². The number of hydrogen-bond acceptors (Lipinski definition) is 2. The number of hydrogen-bond donors (Lipinski definition) is 0. The van der Waals surface area contributed by atoms with Gasteiger partial charge in [0.25, 0.3) is 0 Å². The van der Waals surface area contributed by atoms with Gasteiger partial charge in [-0.2, -0.15) is 0 Å². The fourth-order valence-corrected chi connectivity index (χ4v) is 0.830. The molecule has 0 atom stereocenters. The van der Waals surface area contributed by atoms with Gasteiger partial charge in [0.05, 0.1) is 6.61 Å². The van der Waals surface area contributed by atoms with Gasteiger partial charge in [0.1, 0.15) is 0 Å². The molecule has 0 amide bonds. The summed E-state index contributed by atoms with van der Waals surface area (Å²) < 4.78 is 5.10. The Bertz CT molecular complexity index is 231. The molecule has 0 aromatic carbocycles. The lowest BCUT2D eigenvalue weighted by atomic mass is 9.87. The Balaban J connectivity index is 4.03. The highest BCUT2D eigenvalue weighted by molar-refractivity contribution is 5.82. The van der Waals surface area contributed by atoms with Gasteiger partial charge in [-0.25, -0.2) is 4.79 Å². The molecule has 0 unspecified atom stereocenters. The average molecular weight is 212 g/mol. The average Bonchev–Trinajstić information content (AvgIpc) is 2.01. The van der Waals surface area contributed by atoms with E-state index >= 15 is 0 Å². The van der Waals surface area contributed by atoms with Crippen molar-refractivity contribution in [2.24, 2.45) is 11.3 Å². The zero-order valence-electron chi connectivity index (χ0n) is 10.9. The first-order chi connectivity index (χ1) is 6.73. The van der Waals surface area contributed by atoms with Crippen LogP contribution in [0.5, 0.6) is 0 Å². The molecule has 15 heavy (non-hydrogen) atoms. The van der Waals surface area contributed by atoms with E-state index in [1.165, 1.54) is 0 Å². The molecule has 0 aliphatic heterocycles. The first kappa shape index (κ1) is 14.2. The summed E-state index contributed by atoms with van der Waals surface area (Å²) in [7, 11) is 0. The maximum absolute atomic E-state index is 11.4. The molecule has 0 aromatic rings. The van der Waals surface area contributed by atoms with E-state index in [4.69, 9.17) is 4.74 Å². The Hall–Kier alpha value is -0.790. The van der Waals surface area contributed by atoms with E-state index < -0.39 is 0 Å². The smallest absolute Gasteiger partial charge is 0.330 e. The molecule has 2 nitrogen and oxygen atoms in total. The summed E-state index contributed by atoms with van der Waals surface area (Å²) in [6.07, 6.45) is 2.52. The Morgan fingerprint density at radius 3 is 2.27 bits per heavy atom. The summed E-state index contributed by atoms with van der Waals surface area (Å²) >= 11 is 0. The van der Waals surface area contributed by atoms with Crippen LogP contribution in [0.3, 0.4) is 0 Å². The highest BCUT2D eigenvalue weighted by atomic mass is 16.5. The number of ether oxygens (including phenoxy) is 1. The molecular formula is C13H24O2. The minimum absolute atomic E-state index is 0.0388. The van der Waals surface area contributed by atoms with E-state index in [1.807, 2.05) is 6.92 Å². The first-order valence-electron chi connectivity index (χ1n) is 5.59. The van der Waals surface area contributed by atoms with Crippen molar-refractivity contribution in [2.75, 3.05) is 6.61 Å². The molecule has 0 N–H and O–H groups in total. The molecule has 2 heteroatoms. The summed E-state index contributed by atoms with van der Waals surface area (Å²) in [4.78, 5) is 11.4. The van der Waals surface area contributed by atoms with Crippen LogP contribution in [-0.4, -0.2) is 12.6 Å². The van der Waals surface area contributed by atoms with Crippen LogP contribution in [0.1, 0.15) is 48.0 Å². The predicted molar refractivity (Wildman–Crippen MR) is 63.6 cm³/mol. The minimum atomic E-state index is -0.219. The van der Waals surface area contributed by atoms with E-state index in [-0.39, 0.29) is 11.4 Å². The molecule has 88 valence electrons. The zero-order valence-corrected chi connectivity index (χ0v) is 10.9. The number of allylic oxidation sites excluding steroid dienone is 1. The standard InChI is InChI=1S/C13H24O2/c1-10(2)7-8-15-12(14)9-11(3)13(4,5)6/h9-10H,7-8H2,1-6H3/b11-9+. The fourth-order valence-electron chi connectivity index (χ4n) is 0.830. The first-order valence-corrected chi connectivity index (χ1v) is 5.59. The molecule has 0 saturated heterocycles. The van der Waals surface area contributed by atoms with Gasteiger partial charge < -0.3 is 4.74 Å². The molecule has 0 rings (SSSR count). The van der Waals surface area contributed by atoms with Crippen LogP contribution < -0.4 is 0 Å². The minimum Gasteiger partial charge on any atom is -0.463 e. The number of carbonyl (C=O) groups excluding carboxylic acids is 1. The summed E-state index contributed by atoms with van der Waals surface area (Å²) in [6, 6.07) is 0. The molecule has 0 bridgehead atoms. The van der Waals surface area contributed by atoms with E-state index in [9.17, 15) is 4.79 Å². The topological polar surface area (TPSA) is 26.3 Å². The van der Waals surface area contributed by atoms with Gasteiger partial charge in [-0.05, 0) is 24.7 Å². The van der Waals surface area contributed by atoms with Gasteiger partial charge in [0, 0.05) is 6.08 Å². The number of esters is 1. The van der Waals surface area contributed by atoms with Crippen molar-refractivity contribution >= 4 is 5.97 Å². The monoisotopic (exact) mass is 212 g/mol. The van der Waals surface area contributed by atoms with Gasteiger partial charge in [-0.1, -0.05) is 40.2 Å². The van der Waals surface area contributed by atoms with Crippen molar-refractivity contribution in [3.8, 4) is 0 Å². The summed E-state index contributed by atoms with van der Waals surface area (Å²) in [5.41, 5.74) is 1.09. The number of rotatable bonds is 4. The van der Waals surface area contributed by atoms with Crippen molar-refractivity contribution in [3.05, 3.63) is 11.6 Å². The maximum atomic E-state index is 11.4. The largest absolute Gasteiger partial charge is 0.463 e. The van der Waals surface area contributed by atoms with E-state index in [2.05, 4.69) is 34.6 Å². The van der Waals surface area contributed by atoms with E-state index in [1.54, 1.807) is 6.08 Å². The Morgan fingerprint density at radius 2 is 1.87 bits per heavy atom. The lowest BCUT2D eigenvalue weighted by Gasteiger charge is -2.18. The van der Waals surface area contributed by atoms with E-state index in [0.29, 0.717) is 12.5 Å². The lowest BCUT2D eigenvalue weighted by Crippen LogP contribution is -2.11. The third-order valence-electron chi connectivity index (χ3n) is 2.46. The van der Waals surface area contributed by atoms with Crippen LogP contribution in [0.2, 0.25) is 0 Å².